The summed E-state index contributed by atoms with van der Waals surface area (Å²) in [6.07, 6.45) is 5.43. The van der Waals surface area contributed by atoms with Gasteiger partial charge in [-0.1, -0.05) is 37.3 Å². The van der Waals surface area contributed by atoms with Crippen LogP contribution in [-0.4, -0.2) is 32.9 Å². The van der Waals surface area contributed by atoms with Gasteiger partial charge in [-0.3, -0.25) is 9.48 Å². The van der Waals surface area contributed by atoms with Crippen molar-refractivity contribution < 1.29 is 9.90 Å². The summed E-state index contributed by atoms with van der Waals surface area (Å²) < 4.78 is 1.91. The molecular weight excluding hydrogens is 302 g/mol. The highest BCUT2D eigenvalue weighted by atomic mass is 16.3. The Balaban J connectivity index is 1.70. The zero-order valence-corrected chi connectivity index (χ0v) is 14.1. The zero-order valence-electron chi connectivity index (χ0n) is 14.1. The number of amides is 1. The van der Waals surface area contributed by atoms with Gasteiger partial charge in [-0.2, -0.15) is 5.10 Å². The fourth-order valence-corrected chi connectivity index (χ4v) is 3.35. The van der Waals surface area contributed by atoms with Crippen LogP contribution in [0.15, 0.2) is 36.5 Å². The SMILES string of the molecule is CCc1c(C(=O)NC2CCC(O)CC2)cnn1Cc1ccccc1. The molecule has 0 bridgehead atoms. The number of hydrogen-bond acceptors (Lipinski definition) is 3. The molecule has 2 N–H and O–H groups in total. The van der Waals surface area contributed by atoms with Gasteiger partial charge in [0, 0.05) is 6.04 Å². The van der Waals surface area contributed by atoms with Crippen LogP contribution >= 0.6 is 0 Å². The van der Waals surface area contributed by atoms with E-state index in [0.29, 0.717) is 12.1 Å². The van der Waals surface area contributed by atoms with Crippen LogP contribution in [-0.2, 0) is 13.0 Å². The van der Waals surface area contributed by atoms with Crippen LogP contribution in [0.5, 0.6) is 0 Å². The fraction of sp³-hybridized carbons (Fsp3) is 0.474. The summed E-state index contributed by atoms with van der Waals surface area (Å²) in [6, 6.07) is 10.3. The molecule has 128 valence electrons. The van der Waals surface area contributed by atoms with Gasteiger partial charge in [0.15, 0.2) is 0 Å². The molecule has 1 aromatic heterocycles. The summed E-state index contributed by atoms with van der Waals surface area (Å²) in [6.45, 7) is 2.72. The quantitative estimate of drug-likeness (QED) is 0.887. The Morgan fingerprint density at radius 2 is 1.96 bits per heavy atom. The molecule has 3 rings (SSSR count). The predicted molar refractivity (Wildman–Crippen MR) is 92.9 cm³/mol. The molecule has 0 aliphatic heterocycles. The molecule has 5 heteroatoms. The largest absolute Gasteiger partial charge is 0.393 e. The number of aliphatic hydroxyl groups excluding tert-OH is 1. The first-order chi connectivity index (χ1) is 11.7. The summed E-state index contributed by atoms with van der Waals surface area (Å²) in [5.74, 6) is -0.0486. The molecule has 1 aliphatic carbocycles. The van der Waals surface area contributed by atoms with Crippen LogP contribution in [0.3, 0.4) is 0 Å². The number of aliphatic hydroxyl groups is 1. The van der Waals surface area contributed by atoms with Crippen LogP contribution in [0, 0.1) is 0 Å². The van der Waals surface area contributed by atoms with E-state index in [-0.39, 0.29) is 18.1 Å². The molecule has 1 aliphatic rings. The topological polar surface area (TPSA) is 67.2 Å². The molecule has 0 unspecified atom stereocenters. The number of nitrogens with one attached hydrogen (secondary N) is 1. The van der Waals surface area contributed by atoms with E-state index in [1.807, 2.05) is 29.8 Å². The Morgan fingerprint density at radius 3 is 2.62 bits per heavy atom. The van der Waals surface area contributed by atoms with E-state index in [0.717, 1.165) is 37.8 Å². The number of carbonyl (C=O) groups is 1. The molecule has 1 aromatic carbocycles. The van der Waals surface area contributed by atoms with Crippen molar-refractivity contribution in [3.8, 4) is 0 Å². The first-order valence-corrected chi connectivity index (χ1v) is 8.75. The minimum atomic E-state index is -0.210. The van der Waals surface area contributed by atoms with E-state index in [2.05, 4.69) is 22.5 Å². The lowest BCUT2D eigenvalue weighted by molar-refractivity contribution is 0.0866. The maximum atomic E-state index is 12.6. The average Bonchev–Trinajstić information content (AvgIpc) is 3.00. The second-order valence-corrected chi connectivity index (χ2v) is 6.48. The lowest BCUT2D eigenvalue weighted by Crippen LogP contribution is -2.38. The third-order valence-corrected chi connectivity index (χ3v) is 4.74. The van der Waals surface area contributed by atoms with Crippen molar-refractivity contribution >= 4 is 5.91 Å². The molecule has 24 heavy (non-hydrogen) atoms. The van der Waals surface area contributed by atoms with E-state index in [4.69, 9.17) is 0 Å². The number of nitrogens with zero attached hydrogens (tertiary/aromatic N) is 2. The van der Waals surface area contributed by atoms with Crippen molar-refractivity contribution in [2.75, 3.05) is 0 Å². The lowest BCUT2D eigenvalue weighted by Gasteiger charge is -2.26. The highest BCUT2D eigenvalue weighted by Gasteiger charge is 2.23. The molecule has 1 fully saturated rings. The van der Waals surface area contributed by atoms with Gasteiger partial charge in [-0.15, -0.1) is 0 Å². The molecular formula is C19H25N3O2. The van der Waals surface area contributed by atoms with Gasteiger partial charge in [0.05, 0.1) is 30.1 Å². The second-order valence-electron chi connectivity index (χ2n) is 6.48. The minimum absolute atomic E-state index is 0.0486. The standard InChI is InChI=1S/C19H25N3O2/c1-2-18-17(19(24)21-15-8-10-16(23)11-9-15)12-20-22(18)13-14-6-4-3-5-7-14/h3-7,12,15-16,23H,2,8-11,13H2,1H3,(H,21,24). The van der Waals surface area contributed by atoms with Gasteiger partial charge in [0.2, 0.25) is 0 Å². The van der Waals surface area contributed by atoms with E-state index < -0.39 is 0 Å². The Hall–Kier alpha value is -2.14. The smallest absolute Gasteiger partial charge is 0.254 e. The third-order valence-electron chi connectivity index (χ3n) is 4.74. The molecule has 0 saturated heterocycles. The van der Waals surface area contributed by atoms with Gasteiger partial charge in [-0.05, 0) is 37.7 Å². The fourth-order valence-electron chi connectivity index (χ4n) is 3.35. The maximum absolute atomic E-state index is 12.6. The van der Waals surface area contributed by atoms with Gasteiger partial charge >= 0.3 is 0 Å². The second kappa shape index (κ2) is 7.62. The zero-order chi connectivity index (χ0) is 16.9. The van der Waals surface area contributed by atoms with Crippen molar-refractivity contribution in [3.05, 3.63) is 53.3 Å². The Morgan fingerprint density at radius 1 is 1.25 bits per heavy atom. The number of carbonyl (C=O) groups excluding carboxylic acids is 1. The normalized spacial score (nSPS) is 20.8. The van der Waals surface area contributed by atoms with Crippen LogP contribution < -0.4 is 5.32 Å². The van der Waals surface area contributed by atoms with Crippen LogP contribution in [0.25, 0.3) is 0 Å². The highest BCUT2D eigenvalue weighted by Crippen LogP contribution is 2.19. The first kappa shape index (κ1) is 16.7. The van der Waals surface area contributed by atoms with E-state index >= 15 is 0 Å². The van der Waals surface area contributed by atoms with E-state index in [1.54, 1.807) is 6.20 Å². The maximum Gasteiger partial charge on any atom is 0.254 e. The van der Waals surface area contributed by atoms with Crippen LogP contribution in [0.2, 0.25) is 0 Å². The summed E-state index contributed by atoms with van der Waals surface area (Å²) in [4.78, 5) is 12.6. The summed E-state index contributed by atoms with van der Waals surface area (Å²) in [5.41, 5.74) is 2.80. The van der Waals surface area contributed by atoms with E-state index in [1.165, 1.54) is 5.56 Å². The molecule has 0 radical (unpaired) electrons. The monoisotopic (exact) mass is 327 g/mol. The Bertz CT molecular complexity index is 673. The molecule has 1 heterocycles. The third kappa shape index (κ3) is 3.85. The average molecular weight is 327 g/mol. The number of aromatic nitrogens is 2. The van der Waals surface area contributed by atoms with Crippen molar-refractivity contribution in [3.63, 3.8) is 0 Å². The molecule has 0 atom stereocenters. The van der Waals surface area contributed by atoms with Crippen molar-refractivity contribution in [2.45, 2.75) is 57.7 Å². The van der Waals surface area contributed by atoms with Gasteiger partial charge in [-0.25, -0.2) is 0 Å². The summed E-state index contributed by atoms with van der Waals surface area (Å²) in [7, 11) is 0. The molecule has 1 amide bonds. The Labute approximate surface area is 142 Å². The van der Waals surface area contributed by atoms with Crippen molar-refractivity contribution in [2.24, 2.45) is 0 Å². The molecule has 1 saturated carbocycles. The van der Waals surface area contributed by atoms with Gasteiger partial charge < -0.3 is 10.4 Å². The van der Waals surface area contributed by atoms with Crippen molar-refractivity contribution in [1.82, 2.24) is 15.1 Å². The summed E-state index contributed by atoms with van der Waals surface area (Å²) >= 11 is 0. The Kier molecular flexibility index (Phi) is 5.30. The summed E-state index contributed by atoms with van der Waals surface area (Å²) in [5, 5.41) is 17.1. The molecule has 0 spiro atoms. The number of hydrogen-bond donors (Lipinski definition) is 2. The van der Waals surface area contributed by atoms with E-state index in [9.17, 15) is 9.90 Å². The number of benzene rings is 1. The van der Waals surface area contributed by atoms with Crippen LogP contribution in [0.4, 0.5) is 0 Å². The minimum Gasteiger partial charge on any atom is -0.393 e. The first-order valence-electron chi connectivity index (χ1n) is 8.75. The number of rotatable bonds is 5. The highest BCUT2D eigenvalue weighted by molar-refractivity contribution is 5.95. The lowest BCUT2D eigenvalue weighted by atomic mass is 9.93. The molecule has 5 nitrogen and oxygen atoms in total. The predicted octanol–water partition coefficient (Wildman–Crippen LogP) is 2.53. The molecule has 2 aromatic rings. The van der Waals surface area contributed by atoms with Crippen LogP contribution in [0.1, 0.15) is 54.2 Å². The van der Waals surface area contributed by atoms with Crippen molar-refractivity contribution in [1.29, 1.82) is 0 Å². The van der Waals surface area contributed by atoms with Gasteiger partial charge in [0.1, 0.15) is 0 Å². The van der Waals surface area contributed by atoms with Gasteiger partial charge in [0.25, 0.3) is 5.91 Å².